The van der Waals surface area contributed by atoms with Gasteiger partial charge in [0.05, 0.1) is 0 Å². The van der Waals surface area contributed by atoms with Crippen LogP contribution in [-0.2, 0) is 15.1 Å². The van der Waals surface area contributed by atoms with E-state index < -0.39 is 17.5 Å². The van der Waals surface area contributed by atoms with Gasteiger partial charge in [-0.05, 0) is 18.9 Å². The van der Waals surface area contributed by atoms with Gasteiger partial charge in [0.25, 0.3) is 5.91 Å². The number of hydrogen-bond donors (Lipinski definition) is 2. The van der Waals surface area contributed by atoms with Gasteiger partial charge >= 0.3 is 6.03 Å². The molecule has 4 amide bonds. The summed E-state index contributed by atoms with van der Waals surface area (Å²) in [5.41, 5.74) is 1.91. The lowest BCUT2D eigenvalue weighted by Crippen LogP contribution is -2.47. The fourth-order valence-corrected chi connectivity index (χ4v) is 2.42. The molecule has 118 valence electrons. The van der Waals surface area contributed by atoms with Crippen molar-refractivity contribution in [1.29, 1.82) is 0 Å². The maximum absolute atomic E-state index is 12.5. The summed E-state index contributed by atoms with van der Waals surface area (Å²) in [4.78, 5) is 36.4. The van der Waals surface area contributed by atoms with Crippen LogP contribution in [-0.4, -0.2) is 22.9 Å². The Balaban J connectivity index is 2.07. The van der Waals surface area contributed by atoms with E-state index in [9.17, 15) is 14.4 Å². The highest BCUT2D eigenvalue weighted by molar-refractivity contribution is 6.08. The zero-order chi connectivity index (χ0) is 16.2. The molecule has 1 atom stereocenters. The minimum absolute atomic E-state index is 0.299. The van der Waals surface area contributed by atoms with E-state index in [-0.39, 0.29) is 5.91 Å². The third-order valence-electron chi connectivity index (χ3n) is 3.79. The number of nitrogens with one attached hydrogen (secondary N) is 2. The Hall–Kier alpha value is -2.37. The summed E-state index contributed by atoms with van der Waals surface area (Å²) in [5.74, 6) is -0.804. The molecule has 0 spiro atoms. The van der Waals surface area contributed by atoms with Crippen LogP contribution in [0.15, 0.2) is 30.3 Å². The lowest BCUT2D eigenvalue weighted by Gasteiger charge is -2.22. The van der Waals surface area contributed by atoms with Crippen molar-refractivity contribution < 1.29 is 14.4 Å². The first-order chi connectivity index (χ1) is 10.5. The molecule has 1 aromatic rings. The highest BCUT2D eigenvalue weighted by Crippen LogP contribution is 2.27. The van der Waals surface area contributed by atoms with E-state index in [1.165, 1.54) is 0 Å². The zero-order valence-corrected chi connectivity index (χ0v) is 12.9. The van der Waals surface area contributed by atoms with Crippen molar-refractivity contribution in [3.8, 4) is 0 Å². The summed E-state index contributed by atoms with van der Waals surface area (Å²) in [7, 11) is 0. The summed E-state index contributed by atoms with van der Waals surface area (Å²) in [6.07, 6.45) is 2.98. The fourth-order valence-electron chi connectivity index (χ4n) is 2.42. The van der Waals surface area contributed by atoms with E-state index in [1.807, 2.05) is 13.0 Å². The molecule has 1 heterocycles. The highest BCUT2D eigenvalue weighted by atomic mass is 16.2. The van der Waals surface area contributed by atoms with Gasteiger partial charge < -0.3 is 5.32 Å². The Bertz CT molecular complexity index is 573. The monoisotopic (exact) mass is 303 g/mol. The van der Waals surface area contributed by atoms with Crippen LogP contribution >= 0.6 is 0 Å². The van der Waals surface area contributed by atoms with Gasteiger partial charge in [0.1, 0.15) is 5.54 Å². The lowest BCUT2D eigenvalue weighted by atomic mass is 9.92. The van der Waals surface area contributed by atoms with Gasteiger partial charge in [0, 0.05) is 6.42 Å². The third-order valence-corrected chi connectivity index (χ3v) is 3.79. The lowest BCUT2D eigenvalue weighted by molar-refractivity contribution is -0.139. The van der Waals surface area contributed by atoms with Crippen molar-refractivity contribution in [1.82, 2.24) is 15.8 Å². The molecule has 1 aliphatic rings. The first-order valence-corrected chi connectivity index (χ1v) is 7.50. The Kier molecular flexibility index (Phi) is 4.80. The van der Waals surface area contributed by atoms with Crippen LogP contribution in [0.25, 0.3) is 0 Å². The first-order valence-electron chi connectivity index (χ1n) is 7.50. The van der Waals surface area contributed by atoms with Crippen LogP contribution in [0.3, 0.4) is 0 Å². The van der Waals surface area contributed by atoms with Crippen LogP contribution in [0, 0.1) is 0 Å². The number of carbonyl (C=O) groups excluding carboxylic acids is 3. The van der Waals surface area contributed by atoms with Gasteiger partial charge in [-0.3, -0.25) is 15.0 Å². The largest absolute Gasteiger partial charge is 0.344 e. The standard InChI is InChI=1S/C16H21N3O3/c1-3-4-6-11-13(20)18-19-14(21)16(2,17-15(19)22)12-9-7-5-8-10-12/h5,7-10H,3-4,6,11H2,1-2H3,(H,17,22)(H,18,20). The molecule has 6 nitrogen and oxygen atoms in total. The van der Waals surface area contributed by atoms with E-state index in [2.05, 4.69) is 10.7 Å². The second kappa shape index (κ2) is 6.60. The summed E-state index contributed by atoms with van der Waals surface area (Å²) in [6, 6.07) is 8.36. The van der Waals surface area contributed by atoms with Gasteiger partial charge in [0.2, 0.25) is 5.91 Å². The van der Waals surface area contributed by atoms with E-state index in [0.29, 0.717) is 12.0 Å². The summed E-state index contributed by atoms with van der Waals surface area (Å²) < 4.78 is 0. The number of carbonyl (C=O) groups is 3. The molecule has 22 heavy (non-hydrogen) atoms. The topological polar surface area (TPSA) is 78.5 Å². The van der Waals surface area contributed by atoms with E-state index >= 15 is 0 Å². The van der Waals surface area contributed by atoms with Crippen molar-refractivity contribution >= 4 is 17.8 Å². The Labute approximate surface area is 129 Å². The average Bonchev–Trinajstić information content (AvgIpc) is 2.73. The molecule has 1 saturated heterocycles. The maximum atomic E-state index is 12.5. The maximum Gasteiger partial charge on any atom is 0.344 e. The van der Waals surface area contributed by atoms with Gasteiger partial charge in [0.15, 0.2) is 0 Å². The number of amides is 4. The van der Waals surface area contributed by atoms with Crippen molar-refractivity contribution in [3.63, 3.8) is 0 Å². The second-order valence-corrected chi connectivity index (χ2v) is 5.55. The van der Waals surface area contributed by atoms with Crippen LogP contribution in [0.4, 0.5) is 4.79 Å². The number of hydrogen-bond acceptors (Lipinski definition) is 3. The van der Waals surface area contributed by atoms with Gasteiger partial charge in [-0.25, -0.2) is 4.79 Å². The molecule has 0 bridgehead atoms. The number of imide groups is 1. The number of urea groups is 1. The molecule has 6 heteroatoms. The molecule has 2 rings (SSSR count). The number of unbranched alkanes of at least 4 members (excludes halogenated alkanes) is 2. The minimum atomic E-state index is -1.16. The van der Waals surface area contributed by atoms with Crippen molar-refractivity contribution in [2.45, 2.75) is 45.1 Å². The molecule has 1 fully saturated rings. The Morgan fingerprint density at radius 3 is 2.55 bits per heavy atom. The second-order valence-electron chi connectivity index (χ2n) is 5.55. The molecular weight excluding hydrogens is 282 g/mol. The molecule has 0 aromatic heterocycles. The summed E-state index contributed by atoms with van der Waals surface area (Å²) in [6.45, 7) is 3.67. The van der Waals surface area contributed by atoms with Crippen LogP contribution in [0.5, 0.6) is 0 Å². The zero-order valence-electron chi connectivity index (χ0n) is 12.9. The van der Waals surface area contributed by atoms with E-state index in [4.69, 9.17) is 0 Å². The van der Waals surface area contributed by atoms with Crippen LogP contribution < -0.4 is 10.7 Å². The molecule has 1 unspecified atom stereocenters. The number of hydrazine groups is 1. The van der Waals surface area contributed by atoms with Crippen LogP contribution in [0.2, 0.25) is 0 Å². The normalized spacial score (nSPS) is 20.9. The van der Waals surface area contributed by atoms with Crippen LogP contribution in [0.1, 0.15) is 45.1 Å². The van der Waals surface area contributed by atoms with Gasteiger partial charge in [-0.1, -0.05) is 50.1 Å². The van der Waals surface area contributed by atoms with Crippen molar-refractivity contribution in [2.24, 2.45) is 0 Å². The molecule has 0 saturated carbocycles. The molecule has 0 aliphatic carbocycles. The summed E-state index contributed by atoms with van der Waals surface area (Å²) in [5, 5.41) is 3.42. The van der Waals surface area contributed by atoms with Crippen molar-refractivity contribution in [3.05, 3.63) is 35.9 Å². The number of nitrogens with zero attached hydrogens (tertiary/aromatic N) is 1. The smallest absolute Gasteiger partial charge is 0.318 e. The predicted octanol–water partition coefficient (Wildman–Crippen LogP) is 2.07. The Morgan fingerprint density at radius 2 is 1.91 bits per heavy atom. The highest BCUT2D eigenvalue weighted by Gasteiger charge is 2.49. The molecule has 0 radical (unpaired) electrons. The number of benzene rings is 1. The summed E-state index contributed by atoms with van der Waals surface area (Å²) >= 11 is 0. The predicted molar refractivity (Wildman–Crippen MR) is 81.5 cm³/mol. The molecular formula is C16H21N3O3. The molecule has 1 aromatic carbocycles. The average molecular weight is 303 g/mol. The van der Waals surface area contributed by atoms with Crippen molar-refractivity contribution in [2.75, 3.05) is 0 Å². The Morgan fingerprint density at radius 1 is 1.23 bits per heavy atom. The first kappa shape index (κ1) is 16.0. The third kappa shape index (κ3) is 3.10. The molecule has 2 N–H and O–H groups in total. The molecule has 1 aliphatic heterocycles. The SMILES string of the molecule is CCCCCC(=O)NN1C(=O)NC(C)(c2ccccc2)C1=O. The quantitative estimate of drug-likeness (QED) is 0.624. The minimum Gasteiger partial charge on any atom is -0.318 e. The fraction of sp³-hybridized carbons (Fsp3) is 0.438. The van der Waals surface area contributed by atoms with Gasteiger partial charge in [-0.15, -0.1) is 0 Å². The van der Waals surface area contributed by atoms with Gasteiger partial charge in [-0.2, -0.15) is 5.01 Å². The number of rotatable bonds is 6. The van der Waals surface area contributed by atoms with E-state index in [0.717, 1.165) is 24.3 Å². The van der Waals surface area contributed by atoms with E-state index in [1.54, 1.807) is 31.2 Å².